The maximum Gasteiger partial charge on any atom is 0.410 e. The van der Waals surface area contributed by atoms with E-state index in [4.69, 9.17) is 14.2 Å². The molecule has 1 heterocycles. The third kappa shape index (κ3) is 7.31. The molecule has 168 valence electrons. The number of likely N-dealkylation sites (tertiary alicyclic amines) is 1. The second kappa shape index (κ2) is 10.9. The number of benzene rings is 1. The number of guanidine groups is 1. The minimum Gasteiger partial charge on any atom is -0.493 e. The van der Waals surface area contributed by atoms with Crippen LogP contribution in [0.4, 0.5) is 10.5 Å². The zero-order valence-electron chi connectivity index (χ0n) is 19.1. The Labute approximate surface area is 180 Å². The lowest BCUT2D eigenvalue weighted by Gasteiger charge is -2.34. The maximum absolute atomic E-state index is 12.4. The van der Waals surface area contributed by atoms with Gasteiger partial charge >= 0.3 is 6.09 Å². The van der Waals surface area contributed by atoms with Crippen LogP contribution >= 0.6 is 0 Å². The summed E-state index contributed by atoms with van der Waals surface area (Å²) in [6, 6.07) is 5.67. The molecule has 0 bridgehead atoms. The summed E-state index contributed by atoms with van der Waals surface area (Å²) in [6.45, 7) is 10.3. The van der Waals surface area contributed by atoms with Gasteiger partial charge in [0.25, 0.3) is 0 Å². The Morgan fingerprint density at radius 3 is 2.70 bits per heavy atom. The number of piperidine rings is 1. The topological polar surface area (TPSA) is 84.4 Å². The normalized spacial score (nSPS) is 17.3. The summed E-state index contributed by atoms with van der Waals surface area (Å²) >= 11 is 0. The quantitative estimate of drug-likeness (QED) is 0.539. The Balaban J connectivity index is 1.90. The minimum atomic E-state index is -0.479. The fourth-order valence-electron chi connectivity index (χ4n) is 3.30. The van der Waals surface area contributed by atoms with Gasteiger partial charge in [0.15, 0.2) is 17.5 Å². The fourth-order valence-corrected chi connectivity index (χ4v) is 3.30. The molecule has 1 fully saturated rings. The molecule has 1 aliphatic heterocycles. The molecule has 0 radical (unpaired) electrons. The van der Waals surface area contributed by atoms with Gasteiger partial charge in [0, 0.05) is 38.4 Å². The number of anilines is 1. The van der Waals surface area contributed by atoms with E-state index in [-0.39, 0.29) is 6.09 Å². The van der Waals surface area contributed by atoms with Gasteiger partial charge in [0.1, 0.15) is 5.60 Å². The fraction of sp³-hybridized carbons (Fsp3) is 0.636. The van der Waals surface area contributed by atoms with Crippen molar-refractivity contribution in [3.63, 3.8) is 0 Å². The van der Waals surface area contributed by atoms with Crippen molar-refractivity contribution in [2.24, 2.45) is 10.9 Å². The first-order valence-electron chi connectivity index (χ1n) is 10.5. The van der Waals surface area contributed by atoms with E-state index >= 15 is 0 Å². The van der Waals surface area contributed by atoms with Crippen LogP contribution in [0, 0.1) is 5.92 Å². The van der Waals surface area contributed by atoms with Crippen LogP contribution in [0.1, 0.15) is 40.5 Å². The van der Waals surface area contributed by atoms with Crippen molar-refractivity contribution in [2.45, 2.75) is 46.1 Å². The Kier molecular flexibility index (Phi) is 8.62. The molecule has 0 saturated carbocycles. The zero-order chi connectivity index (χ0) is 22.1. The molecular weight excluding hydrogens is 384 g/mol. The number of ether oxygens (including phenoxy) is 3. The monoisotopic (exact) mass is 420 g/mol. The van der Waals surface area contributed by atoms with Crippen molar-refractivity contribution in [1.29, 1.82) is 0 Å². The number of methoxy groups -OCH3 is 1. The predicted octanol–water partition coefficient (Wildman–Crippen LogP) is 3.73. The highest BCUT2D eigenvalue weighted by Gasteiger charge is 2.27. The van der Waals surface area contributed by atoms with Gasteiger partial charge in [-0.15, -0.1) is 0 Å². The van der Waals surface area contributed by atoms with Crippen molar-refractivity contribution < 1.29 is 19.0 Å². The van der Waals surface area contributed by atoms with Crippen molar-refractivity contribution >= 4 is 17.7 Å². The first kappa shape index (κ1) is 23.6. The molecule has 1 aliphatic rings. The average Bonchev–Trinajstić information content (AvgIpc) is 2.71. The van der Waals surface area contributed by atoms with Gasteiger partial charge in [-0.05, 0) is 58.6 Å². The number of aliphatic imine (C=N–C) groups is 1. The molecule has 30 heavy (non-hydrogen) atoms. The molecule has 8 heteroatoms. The largest absolute Gasteiger partial charge is 0.493 e. The lowest BCUT2D eigenvalue weighted by atomic mass is 9.98. The van der Waals surface area contributed by atoms with Crippen LogP contribution in [-0.4, -0.2) is 63.0 Å². The summed E-state index contributed by atoms with van der Waals surface area (Å²) < 4.78 is 16.5. The van der Waals surface area contributed by atoms with Crippen LogP contribution in [0.2, 0.25) is 0 Å². The molecule has 8 nitrogen and oxygen atoms in total. The van der Waals surface area contributed by atoms with E-state index in [1.54, 1.807) is 19.1 Å². The Morgan fingerprint density at radius 1 is 1.30 bits per heavy atom. The van der Waals surface area contributed by atoms with E-state index in [0.717, 1.165) is 25.1 Å². The molecule has 1 amide bonds. The smallest absolute Gasteiger partial charge is 0.410 e. The molecule has 1 atom stereocenters. The van der Waals surface area contributed by atoms with E-state index in [1.165, 1.54) is 0 Å². The Morgan fingerprint density at radius 2 is 2.07 bits per heavy atom. The zero-order valence-corrected chi connectivity index (χ0v) is 19.1. The van der Waals surface area contributed by atoms with E-state index in [1.807, 2.05) is 45.9 Å². The SMILES string of the molecule is CCOc1ccc(NC(=NC)NCC2CCCN(C(=O)OC(C)(C)C)C2)cc1OC. The third-order valence-electron chi connectivity index (χ3n) is 4.68. The number of nitrogens with zero attached hydrogens (tertiary/aromatic N) is 2. The number of carbonyl (C=O) groups is 1. The highest BCUT2D eigenvalue weighted by Crippen LogP contribution is 2.30. The first-order chi connectivity index (χ1) is 14.3. The molecule has 2 rings (SSSR count). The summed E-state index contributed by atoms with van der Waals surface area (Å²) in [5.74, 6) is 2.37. The molecule has 2 N–H and O–H groups in total. The van der Waals surface area contributed by atoms with Crippen molar-refractivity contribution in [1.82, 2.24) is 10.2 Å². The van der Waals surface area contributed by atoms with Crippen LogP contribution in [0.15, 0.2) is 23.2 Å². The number of hydrogen-bond acceptors (Lipinski definition) is 5. The Bertz CT molecular complexity index is 730. The van der Waals surface area contributed by atoms with Crippen molar-refractivity contribution in [3.05, 3.63) is 18.2 Å². The van der Waals surface area contributed by atoms with Gasteiger partial charge in [-0.2, -0.15) is 0 Å². The highest BCUT2D eigenvalue weighted by molar-refractivity contribution is 5.93. The third-order valence-corrected chi connectivity index (χ3v) is 4.68. The van der Waals surface area contributed by atoms with E-state index in [2.05, 4.69) is 15.6 Å². The molecule has 0 spiro atoms. The van der Waals surface area contributed by atoms with Gasteiger partial charge in [0.05, 0.1) is 13.7 Å². The molecule has 1 aromatic rings. The second-order valence-corrected chi connectivity index (χ2v) is 8.31. The van der Waals surface area contributed by atoms with Gasteiger partial charge in [0.2, 0.25) is 0 Å². The number of amides is 1. The molecular formula is C22H36N4O4. The second-order valence-electron chi connectivity index (χ2n) is 8.31. The highest BCUT2D eigenvalue weighted by atomic mass is 16.6. The number of carbonyl (C=O) groups excluding carboxylic acids is 1. The van der Waals surface area contributed by atoms with Gasteiger partial charge in [-0.25, -0.2) is 4.79 Å². The predicted molar refractivity (Wildman–Crippen MR) is 120 cm³/mol. The van der Waals surface area contributed by atoms with Crippen LogP contribution in [0.3, 0.4) is 0 Å². The summed E-state index contributed by atoms with van der Waals surface area (Å²) in [6.07, 6.45) is 1.78. The molecule has 1 saturated heterocycles. The molecule has 1 aromatic carbocycles. The lowest BCUT2D eigenvalue weighted by Crippen LogP contribution is -2.46. The molecule has 0 aromatic heterocycles. The lowest BCUT2D eigenvalue weighted by molar-refractivity contribution is 0.0168. The summed E-state index contributed by atoms with van der Waals surface area (Å²) in [4.78, 5) is 18.5. The van der Waals surface area contributed by atoms with Crippen LogP contribution in [0.25, 0.3) is 0 Å². The maximum atomic E-state index is 12.4. The van der Waals surface area contributed by atoms with Gasteiger partial charge in [-0.3, -0.25) is 4.99 Å². The Hall–Kier alpha value is -2.64. The minimum absolute atomic E-state index is 0.240. The van der Waals surface area contributed by atoms with E-state index in [0.29, 0.717) is 43.1 Å². The van der Waals surface area contributed by atoms with Gasteiger partial charge in [-0.1, -0.05) is 0 Å². The van der Waals surface area contributed by atoms with E-state index < -0.39 is 5.60 Å². The summed E-state index contributed by atoms with van der Waals surface area (Å²) in [5.41, 5.74) is 0.370. The van der Waals surface area contributed by atoms with Crippen LogP contribution in [0.5, 0.6) is 11.5 Å². The first-order valence-corrected chi connectivity index (χ1v) is 10.5. The molecule has 1 unspecified atom stereocenters. The van der Waals surface area contributed by atoms with Crippen molar-refractivity contribution in [2.75, 3.05) is 45.7 Å². The number of rotatable bonds is 6. The standard InChI is InChI=1S/C22H36N4O4/c1-7-29-18-11-10-17(13-19(18)28-6)25-20(23-5)24-14-16-9-8-12-26(15-16)21(27)30-22(2,3)4/h10-11,13,16H,7-9,12,14-15H2,1-6H3,(H2,23,24,25). The number of nitrogens with one attached hydrogen (secondary N) is 2. The van der Waals surface area contributed by atoms with Crippen molar-refractivity contribution in [3.8, 4) is 11.5 Å². The number of hydrogen-bond donors (Lipinski definition) is 2. The van der Waals surface area contributed by atoms with Crippen LogP contribution in [-0.2, 0) is 4.74 Å². The summed E-state index contributed by atoms with van der Waals surface area (Å²) in [5, 5.41) is 6.64. The van der Waals surface area contributed by atoms with Crippen LogP contribution < -0.4 is 20.1 Å². The van der Waals surface area contributed by atoms with E-state index in [9.17, 15) is 4.79 Å². The average molecular weight is 421 g/mol. The van der Waals surface area contributed by atoms with Gasteiger partial charge < -0.3 is 29.7 Å². The molecule has 0 aliphatic carbocycles. The summed E-state index contributed by atoms with van der Waals surface area (Å²) in [7, 11) is 3.35.